The number of anilines is 1. The quantitative estimate of drug-likeness (QED) is 0.694. The minimum atomic E-state index is -3.65. The van der Waals surface area contributed by atoms with Gasteiger partial charge in [0.05, 0.1) is 18.6 Å². The van der Waals surface area contributed by atoms with E-state index in [1.165, 1.54) is 42.3 Å². The van der Waals surface area contributed by atoms with Crippen molar-refractivity contribution in [2.24, 2.45) is 0 Å². The lowest BCUT2D eigenvalue weighted by atomic mass is 10.2. The number of carbonyl (C=O) groups excluding carboxylic acids is 1. The maximum atomic E-state index is 13.8. The molecule has 0 spiro atoms. The highest BCUT2D eigenvalue weighted by atomic mass is 32.2. The molecule has 2 aromatic rings. The van der Waals surface area contributed by atoms with Gasteiger partial charge < -0.3 is 19.1 Å². The number of nitrogens with one attached hydrogen (secondary N) is 1. The second kappa shape index (κ2) is 9.33. The van der Waals surface area contributed by atoms with Gasteiger partial charge in [0, 0.05) is 20.2 Å². The summed E-state index contributed by atoms with van der Waals surface area (Å²) in [6.45, 7) is 0.697. The predicted octanol–water partition coefficient (Wildman–Crippen LogP) is 2.84. The monoisotopic (exact) mass is 396 g/mol. The average molecular weight is 396 g/mol. The number of ether oxygens (including phenoxy) is 1. The zero-order valence-electron chi connectivity index (χ0n) is 15.0. The highest BCUT2D eigenvalue weighted by Gasteiger charge is 2.16. The fourth-order valence-electron chi connectivity index (χ4n) is 2.30. The van der Waals surface area contributed by atoms with E-state index < -0.39 is 22.0 Å². The fraction of sp³-hybridized carbons (Fsp3) is 0.278. The van der Waals surface area contributed by atoms with Gasteiger partial charge in [0.25, 0.3) is 0 Å². The van der Waals surface area contributed by atoms with Gasteiger partial charge in [0.2, 0.25) is 0 Å². The minimum Gasteiger partial charge on any atom is -0.383 e. The van der Waals surface area contributed by atoms with E-state index in [1.807, 2.05) is 0 Å². The molecule has 146 valence electrons. The summed E-state index contributed by atoms with van der Waals surface area (Å²) < 4.78 is 46.2. The summed E-state index contributed by atoms with van der Waals surface area (Å²) in [7, 11) is -2.15. The first kappa shape index (κ1) is 20.7. The molecule has 2 rings (SSSR count). The summed E-state index contributed by atoms with van der Waals surface area (Å²) in [6.07, 6.45) is 0.951. The van der Waals surface area contributed by atoms with Crippen molar-refractivity contribution in [1.29, 1.82) is 0 Å². The van der Waals surface area contributed by atoms with E-state index in [2.05, 4.69) is 5.32 Å². The predicted molar refractivity (Wildman–Crippen MR) is 99.6 cm³/mol. The van der Waals surface area contributed by atoms with Crippen molar-refractivity contribution in [2.45, 2.75) is 6.54 Å². The second-order valence-corrected chi connectivity index (χ2v) is 7.33. The lowest BCUT2D eigenvalue weighted by Crippen LogP contribution is -2.37. The molecule has 0 fully saturated rings. The fourth-order valence-corrected chi connectivity index (χ4v) is 2.75. The van der Waals surface area contributed by atoms with E-state index >= 15 is 0 Å². The highest BCUT2D eigenvalue weighted by Crippen LogP contribution is 2.18. The Hall–Kier alpha value is -2.65. The van der Waals surface area contributed by atoms with Gasteiger partial charge in [-0.15, -0.1) is 0 Å². The number of methoxy groups -OCH3 is 1. The number of hydrogen-bond donors (Lipinski definition) is 1. The molecule has 0 aliphatic heterocycles. The van der Waals surface area contributed by atoms with Crippen molar-refractivity contribution in [3.05, 3.63) is 59.9 Å². The Morgan fingerprint density at radius 2 is 1.93 bits per heavy atom. The van der Waals surface area contributed by atoms with Crippen LogP contribution in [0.4, 0.5) is 14.9 Å². The summed E-state index contributed by atoms with van der Waals surface area (Å²) in [5.41, 5.74) is 0.718. The maximum absolute atomic E-state index is 13.8. The van der Waals surface area contributed by atoms with Gasteiger partial charge in [-0.3, -0.25) is 0 Å². The number of amides is 2. The number of carbonyl (C=O) groups is 1. The summed E-state index contributed by atoms with van der Waals surface area (Å²) in [6, 6.07) is 11.7. The summed E-state index contributed by atoms with van der Waals surface area (Å²) >= 11 is 0. The van der Waals surface area contributed by atoms with Gasteiger partial charge in [-0.1, -0.05) is 24.3 Å². The number of benzene rings is 2. The van der Waals surface area contributed by atoms with E-state index in [-0.39, 0.29) is 31.1 Å². The first-order valence-electron chi connectivity index (χ1n) is 8.06. The second-order valence-electron chi connectivity index (χ2n) is 5.76. The van der Waals surface area contributed by atoms with E-state index in [0.29, 0.717) is 5.56 Å². The molecule has 0 bridgehead atoms. The molecular weight excluding hydrogens is 375 g/mol. The molecule has 0 atom stereocenters. The Kier molecular flexibility index (Phi) is 7.14. The van der Waals surface area contributed by atoms with Gasteiger partial charge >= 0.3 is 16.1 Å². The standard InChI is InChI=1S/C18H21FN2O5S/c1-25-11-10-21(18(22)20-17-9-4-3-8-16(17)19)13-14-6-5-7-15(12-14)26-27(2,23)24/h3-9,12H,10-11,13H2,1-2H3,(H,20,22). The van der Waals surface area contributed by atoms with Crippen molar-refractivity contribution < 1.29 is 26.5 Å². The van der Waals surface area contributed by atoms with Gasteiger partial charge in [0.15, 0.2) is 0 Å². The van der Waals surface area contributed by atoms with Crippen molar-refractivity contribution in [3.63, 3.8) is 0 Å². The first-order chi connectivity index (χ1) is 12.8. The number of nitrogens with zero attached hydrogens (tertiary/aromatic N) is 1. The Labute approximate surface area is 157 Å². The van der Waals surface area contributed by atoms with Crippen LogP contribution in [0.2, 0.25) is 0 Å². The minimum absolute atomic E-state index is 0.0686. The van der Waals surface area contributed by atoms with Gasteiger partial charge in [0.1, 0.15) is 11.6 Å². The summed E-state index contributed by atoms with van der Waals surface area (Å²) in [5.74, 6) is -0.391. The van der Waals surface area contributed by atoms with Crippen molar-refractivity contribution in [3.8, 4) is 5.75 Å². The molecule has 0 saturated heterocycles. The number of halogens is 1. The SMILES string of the molecule is COCCN(Cc1cccc(OS(C)(=O)=O)c1)C(=O)Nc1ccccc1F. The summed E-state index contributed by atoms with van der Waals surface area (Å²) in [5, 5.41) is 2.52. The zero-order chi connectivity index (χ0) is 19.9. The Morgan fingerprint density at radius 3 is 2.59 bits per heavy atom. The topological polar surface area (TPSA) is 84.9 Å². The number of hydrogen-bond acceptors (Lipinski definition) is 5. The third-order valence-electron chi connectivity index (χ3n) is 3.49. The van der Waals surface area contributed by atoms with Crippen LogP contribution in [0.25, 0.3) is 0 Å². The Balaban J connectivity index is 2.15. The van der Waals surface area contributed by atoms with E-state index in [0.717, 1.165) is 6.26 Å². The largest absolute Gasteiger partial charge is 0.383 e. The van der Waals surface area contributed by atoms with Crippen LogP contribution in [0, 0.1) is 5.82 Å². The molecule has 0 aromatic heterocycles. The third-order valence-corrected chi connectivity index (χ3v) is 3.98. The molecular formula is C18H21FN2O5S. The van der Waals surface area contributed by atoms with Crippen molar-refractivity contribution in [2.75, 3.05) is 31.8 Å². The lowest BCUT2D eigenvalue weighted by Gasteiger charge is -2.23. The molecule has 0 heterocycles. The zero-order valence-corrected chi connectivity index (χ0v) is 15.8. The molecule has 0 unspecified atom stereocenters. The smallest absolute Gasteiger partial charge is 0.322 e. The van der Waals surface area contributed by atoms with Gasteiger partial charge in [-0.05, 0) is 29.8 Å². The van der Waals surface area contributed by atoms with Crippen LogP contribution in [0.5, 0.6) is 5.75 Å². The van der Waals surface area contributed by atoms with E-state index in [4.69, 9.17) is 8.92 Å². The number of para-hydroxylation sites is 1. The van der Waals surface area contributed by atoms with Crippen LogP contribution in [0.3, 0.4) is 0 Å². The number of rotatable bonds is 8. The number of urea groups is 1. The molecule has 9 heteroatoms. The molecule has 0 saturated carbocycles. The van der Waals surface area contributed by atoms with E-state index in [1.54, 1.807) is 18.2 Å². The molecule has 27 heavy (non-hydrogen) atoms. The van der Waals surface area contributed by atoms with Crippen LogP contribution >= 0.6 is 0 Å². The van der Waals surface area contributed by atoms with Crippen LogP contribution in [-0.2, 0) is 21.4 Å². The van der Waals surface area contributed by atoms with E-state index in [9.17, 15) is 17.6 Å². The Morgan fingerprint density at radius 1 is 1.19 bits per heavy atom. The molecule has 0 aliphatic carbocycles. The van der Waals surface area contributed by atoms with Crippen LogP contribution in [-0.4, -0.2) is 45.9 Å². The average Bonchev–Trinajstić information content (AvgIpc) is 2.59. The molecule has 1 N–H and O–H groups in total. The first-order valence-corrected chi connectivity index (χ1v) is 9.88. The van der Waals surface area contributed by atoms with Crippen molar-refractivity contribution in [1.82, 2.24) is 4.90 Å². The van der Waals surface area contributed by atoms with Crippen LogP contribution in [0.15, 0.2) is 48.5 Å². The lowest BCUT2D eigenvalue weighted by molar-refractivity contribution is 0.152. The highest BCUT2D eigenvalue weighted by molar-refractivity contribution is 7.86. The maximum Gasteiger partial charge on any atom is 0.322 e. The molecule has 7 nitrogen and oxygen atoms in total. The molecule has 2 amide bonds. The third kappa shape index (κ3) is 6.87. The van der Waals surface area contributed by atoms with Crippen LogP contribution in [0.1, 0.15) is 5.56 Å². The van der Waals surface area contributed by atoms with Crippen LogP contribution < -0.4 is 9.50 Å². The summed E-state index contributed by atoms with van der Waals surface area (Å²) in [4.78, 5) is 14.0. The molecule has 2 aromatic carbocycles. The molecule has 0 aliphatic rings. The van der Waals surface area contributed by atoms with Gasteiger partial charge in [-0.2, -0.15) is 8.42 Å². The molecule has 0 radical (unpaired) electrons. The normalized spacial score (nSPS) is 11.1. The van der Waals surface area contributed by atoms with Crippen molar-refractivity contribution >= 4 is 21.8 Å². The van der Waals surface area contributed by atoms with Gasteiger partial charge in [-0.25, -0.2) is 9.18 Å². The Bertz CT molecular complexity index is 889.